The van der Waals surface area contributed by atoms with Gasteiger partial charge in [0.2, 0.25) is 0 Å². The Hall–Kier alpha value is -2.08. The summed E-state index contributed by atoms with van der Waals surface area (Å²) >= 11 is 0. The van der Waals surface area contributed by atoms with E-state index in [9.17, 15) is 49.8 Å². The molecule has 0 aromatic rings. The molecular weight excluding hydrogens is 817 g/mol. The van der Waals surface area contributed by atoms with E-state index in [0.717, 1.165) is 116 Å². The number of hydrogen-bond acceptors (Lipinski definition) is 15. The molecule has 0 saturated carbocycles. The van der Waals surface area contributed by atoms with E-state index >= 15 is 0 Å². The third kappa shape index (κ3) is 24.9. The fourth-order valence-electron chi connectivity index (χ4n) is 8.01. The van der Waals surface area contributed by atoms with Gasteiger partial charge in [-0.15, -0.1) is 0 Å². The van der Waals surface area contributed by atoms with Gasteiger partial charge in [0.25, 0.3) is 0 Å². The van der Waals surface area contributed by atoms with Crippen LogP contribution in [0.1, 0.15) is 206 Å². The Morgan fingerprint density at radius 1 is 0.365 bits per heavy atom. The summed E-state index contributed by atoms with van der Waals surface area (Å²) in [5.41, 5.74) is 0. The average Bonchev–Trinajstić information content (AvgIpc) is 3.27. The van der Waals surface area contributed by atoms with Gasteiger partial charge in [-0.1, -0.05) is 129 Å². The van der Waals surface area contributed by atoms with Gasteiger partial charge in [-0.05, 0) is 38.5 Å². The SMILES string of the molecule is CCCCCCC(=O)CCCCCCCCCCC(=O)OC[C@@H]1O[C@@H](O[C@H]2O[C@H](COC(=O)CCCCCCCCCCC(=O)CCCCCC)[C@@H](O)[C@H](O)[C@H]2O)[C@@H](O)[C@H](O)[C@H]1O. The quantitative estimate of drug-likeness (QED) is 0.0283. The molecule has 10 atom stereocenters. The largest absolute Gasteiger partial charge is 0.463 e. The van der Waals surface area contributed by atoms with Crippen molar-refractivity contribution in [2.75, 3.05) is 13.2 Å². The van der Waals surface area contributed by atoms with Crippen LogP contribution in [0.4, 0.5) is 0 Å². The summed E-state index contributed by atoms with van der Waals surface area (Å²) in [6.45, 7) is 3.41. The van der Waals surface area contributed by atoms with E-state index in [2.05, 4.69) is 13.8 Å². The Bertz CT molecular complexity index is 1130. The lowest BCUT2D eigenvalue weighted by Gasteiger charge is -2.44. The maximum atomic E-state index is 12.5. The van der Waals surface area contributed by atoms with Crippen molar-refractivity contribution in [1.29, 1.82) is 0 Å². The molecule has 0 aromatic heterocycles. The number of aliphatic hydroxyl groups excluding tert-OH is 6. The Balaban J connectivity index is 1.62. The van der Waals surface area contributed by atoms with Crippen LogP contribution in [0.3, 0.4) is 0 Å². The maximum Gasteiger partial charge on any atom is 0.305 e. The average molecular weight is 903 g/mol. The van der Waals surface area contributed by atoms with Crippen molar-refractivity contribution in [3.05, 3.63) is 0 Å². The molecule has 15 heteroatoms. The van der Waals surface area contributed by atoms with Crippen LogP contribution in [0, 0.1) is 0 Å². The molecule has 2 aliphatic heterocycles. The Morgan fingerprint density at radius 2 is 0.635 bits per heavy atom. The van der Waals surface area contributed by atoms with Gasteiger partial charge in [0.15, 0.2) is 12.6 Å². The zero-order valence-corrected chi connectivity index (χ0v) is 38.8. The molecular formula is C48H86O15. The molecule has 6 N–H and O–H groups in total. The fourth-order valence-corrected chi connectivity index (χ4v) is 8.01. The van der Waals surface area contributed by atoms with E-state index in [1.54, 1.807) is 0 Å². The monoisotopic (exact) mass is 903 g/mol. The standard InChI is InChI=1S/C48H86O15/c1-3-5-7-21-27-35(49)29-23-17-13-9-11-15-19-25-31-39(51)59-33-37-41(53)43(55)45(57)47(61-37)63-48-46(58)44(56)42(54)38(62-48)34-60-40(52)32-26-20-16-12-10-14-18-24-30-36(50)28-22-8-6-4-2/h37-38,41-48,53-58H,3-34H2,1-2H3/t37-,38+,41-,42+,43+,44-,45-,46+,47-,48+. The van der Waals surface area contributed by atoms with Crippen molar-refractivity contribution in [1.82, 2.24) is 0 Å². The van der Waals surface area contributed by atoms with Gasteiger partial charge in [-0.25, -0.2) is 0 Å². The number of ketones is 2. The lowest BCUT2D eigenvalue weighted by Crippen LogP contribution is -2.64. The molecule has 368 valence electrons. The molecule has 0 radical (unpaired) electrons. The number of carbonyl (C=O) groups excluding carboxylic acids is 4. The summed E-state index contributed by atoms with van der Waals surface area (Å²) in [6, 6.07) is 0. The van der Waals surface area contributed by atoms with Crippen LogP contribution < -0.4 is 0 Å². The summed E-state index contributed by atoms with van der Waals surface area (Å²) in [5.74, 6) is -0.305. The summed E-state index contributed by atoms with van der Waals surface area (Å²) in [6.07, 6.45) is 10.7. The minimum absolute atomic E-state index is 0.146. The Kier molecular flexibility index (Phi) is 31.8. The Labute approximate surface area is 377 Å². The molecule has 0 bridgehead atoms. The molecule has 2 aliphatic rings. The van der Waals surface area contributed by atoms with Crippen molar-refractivity contribution in [3.8, 4) is 0 Å². The lowest BCUT2D eigenvalue weighted by molar-refractivity contribution is -0.376. The van der Waals surface area contributed by atoms with Gasteiger partial charge in [-0.3, -0.25) is 19.2 Å². The van der Waals surface area contributed by atoms with E-state index in [1.807, 2.05) is 0 Å². The number of ether oxygens (including phenoxy) is 5. The van der Waals surface area contributed by atoms with Gasteiger partial charge >= 0.3 is 11.9 Å². The van der Waals surface area contributed by atoms with Gasteiger partial charge < -0.3 is 54.3 Å². The van der Waals surface area contributed by atoms with Gasteiger partial charge in [-0.2, -0.15) is 0 Å². The number of esters is 2. The molecule has 0 aromatic carbocycles. The third-order valence-corrected chi connectivity index (χ3v) is 12.2. The number of Topliss-reactive ketones (excluding diaryl/α,β-unsaturated/α-hetero) is 2. The minimum atomic E-state index is -1.83. The van der Waals surface area contributed by atoms with Gasteiger partial charge in [0.1, 0.15) is 73.6 Å². The van der Waals surface area contributed by atoms with Crippen molar-refractivity contribution < 1.29 is 73.5 Å². The second-order valence-electron chi connectivity index (χ2n) is 17.9. The molecule has 2 saturated heterocycles. The number of hydrogen-bond donors (Lipinski definition) is 6. The summed E-state index contributed by atoms with van der Waals surface area (Å²) in [5, 5.41) is 63.4. The van der Waals surface area contributed by atoms with Crippen LogP contribution in [0.5, 0.6) is 0 Å². The fraction of sp³-hybridized carbons (Fsp3) is 0.917. The molecule has 63 heavy (non-hydrogen) atoms. The highest BCUT2D eigenvalue weighted by Crippen LogP contribution is 2.29. The normalized spacial score (nSPS) is 26.1. The van der Waals surface area contributed by atoms with Crippen LogP contribution in [0.15, 0.2) is 0 Å². The second-order valence-corrected chi connectivity index (χ2v) is 17.9. The second kappa shape index (κ2) is 35.2. The number of rotatable bonds is 38. The molecule has 2 fully saturated rings. The first kappa shape index (κ1) is 57.0. The molecule has 0 spiro atoms. The summed E-state index contributed by atoms with van der Waals surface area (Å²) < 4.78 is 27.5. The number of unbranched alkanes of at least 4 members (excludes halogenated alkanes) is 20. The first-order valence-electron chi connectivity index (χ1n) is 24.8. The highest BCUT2D eigenvalue weighted by atomic mass is 16.8. The van der Waals surface area contributed by atoms with Crippen LogP contribution in [0.25, 0.3) is 0 Å². The minimum Gasteiger partial charge on any atom is -0.463 e. The third-order valence-electron chi connectivity index (χ3n) is 12.2. The van der Waals surface area contributed by atoms with Crippen LogP contribution in [-0.4, -0.2) is 129 Å². The van der Waals surface area contributed by atoms with E-state index in [0.29, 0.717) is 50.1 Å². The predicted octanol–water partition coefficient (Wildman–Crippen LogP) is 6.59. The Morgan fingerprint density at radius 3 is 0.937 bits per heavy atom. The zero-order chi connectivity index (χ0) is 46.2. The first-order chi connectivity index (χ1) is 30.4. The summed E-state index contributed by atoms with van der Waals surface area (Å²) in [4.78, 5) is 48.9. The van der Waals surface area contributed by atoms with Gasteiger partial charge in [0, 0.05) is 38.5 Å². The zero-order valence-electron chi connectivity index (χ0n) is 38.8. The van der Waals surface area contributed by atoms with Crippen molar-refractivity contribution >= 4 is 23.5 Å². The number of carbonyl (C=O) groups is 4. The van der Waals surface area contributed by atoms with E-state index in [-0.39, 0.29) is 12.8 Å². The van der Waals surface area contributed by atoms with Gasteiger partial charge in [0.05, 0.1) is 0 Å². The topological polar surface area (TPSA) is 236 Å². The smallest absolute Gasteiger partial charge is 0.305 e. The molecule has 0 amide bonds. The van der Waals surface area contributed by atoms with E-state index in [1.165, 1.54) is 25.7 Å². The predicted molar refractivity (Wildman–Crippen MR) is 236 cm³/mol. The highest BCUT2D eigenvalue weighted by Gasteiger charge is 2.50. The summed E-state index contributed by atoms with van der Waals surface area (Å²) in [7, 11) is 0. The van der Waals surface area contributed by atoms with Crippen LogP contribution in [-0.2, 0) is 42.9 Å². The molecule has 15 nitrogen and oxygen atoms in total. The van der Waals surface area contributed by atoms with E-state index < -0.39 is 86.6 Å². The molecule has 0 aliphatic carbocycles. The van der Waals surface area contributed by atoms with Crippen molar-refractivity contribution in [2.45, 2.75) is 268 Å². The van der Waals surface area contributed by atoms with Crippen molar-refractivity contribution in [2.24, 2.45) is 0 Å². The van der Waals surface area contributed by atoms with Crippen LogP contribution >= 0.6 is 0 Å². The molecule has 0 unspecified atom stereocenters. The van der Waals surface area contributed by atoms with Crippen molar-refractivity contribution in [3.63, 3.8) is 0 Å². The maximum absolute atomic E-state index is 12.5. The molecule has 2 heterocycles. The highest BCUT2D eigenvalue weighted by molar-refractivity contribution is 5.78. The van der Waals surface area contributed by atoms with E-state index in [4.69, 9.17) is 23.7 Å². The first-order valence-corrected chi connectivity index (χ1v) is 24.8. The lowest BCUT2D eigenvalue weighted by atomic mass is 9.98. The van der Waals surface area contributed by atoms with Crippen LogP contribution in [0.2, 0.25) is 0 Å². The number of aliphatic hydroxyl groups is 6. The molecule has 2 rings (SSSR count).